The fourth-order valence-electron chi connectivity index (χ4n) is 4.32. The van der Waals surface area contributed by atoms with Gasteiger partial charge in [0.1, 0.15) is 18.8 Å². The number of aliphatic imine (C=N–C) groups is 1. The number of nitrogens with zero attached hydrogens (tertiary/aromatic N) is 2. The summed E-state index contributed by atoms with van der Waals surface area (Å²) in [6.45, 7) is 3.04. The van der Waals surface area contributed by atoms with Gasteiger partial charge in [0.25, 0.3) is 0 Å². The fourth-order valence-corrected chi connectivity index (χ4v) is 4.32. The lowest BCUT2D eigenvalue weighted by atomic mass is 10.0. The molecule has 1 heterocycles. The van der Waals surface area contributed by atoms with Gasteiger partial charge >= 0.3 is 0 Å². The maximum absolute atomic E-state index is 13.4. The van der Waals surface area contributed by atoms with Crippen molar-refractivity contribution in [3.63, 3.8) is 0 Å². The third-order valence-corrected chi connectivity index (χ3v) is 6.35. The van der Waals surface area contributed by atoms with Crippen LogP contribution in [0.25, 0.3) is 0 Å². The third kappa shape index (κ3) is 9.47. The first kappa shape index (κ1) is 29.7. The highest BCUT2D eigenvalue weighted by molar-refractivity contribution is 5.95. The van der Waals surface area contributed by atoms with Crippen LogP contribution in [0.1, 0.15) is 51.5 Å². The van der Waals surface area contributed by atoms with Crippen molar-refractivity contribution >= 4 is 29.5 Å². The molecular weight excluding hydrogens is 479 g/mol. The molecule has 0 saturated carbocycles. The predicted octanol–water partition coefficient (Wildman–Crippen LogP) is 0.828. The van der Waals surface area contributed by atoms with E-state index in [4.69, 9.17) is 11.5 Å². The highest BCUT2D eigenvalue weighted by Gasteiger charge is 2.39. The van der Waals surface area contributed by atoms with Gasteiger partial charge in [-0.25, -0.2) is 4.39 Å². The predicted molar refractivity (Wildman–Crippen MR) is 139 cm³/mol. The van der Waals surface area contributed by atoms with Crippen LogP contribution < -0.4 is 22.1 Å². The van der Waals surface area contributed by atoms with Gasteiger partial charge in [0.05, 0.1) is 6.04 Å². The fraction of sp³-hybridized carbons (Fsp3) is 0.577. The molecule has 0 aliphatic carbocycles. The Bertz CT molecular complexity index is 952. The topological polar surface area (TPSA) is 160 Å². The number of amides is 3. The van der Waals surface area contributed by atoms with Crippen molar-refractivity contribution in [3.05, 3.63) is 35.9 Å². The number of hydrogen-bond donors (Lipinski definition) is 4. The van der Waals surface area contributed by atoms with Gasteiger partial charge in [0, 0.05) is 19.5 Å². The number of aryl methyl sites for hydroxylation is 1. The van der Waals surface area contributed by atoms with E-state index in [1.54, 1.807) is 0 Å². The average Bonchev–Trinajstić information content (AvgIpc) is 3.37. The number of halogens is 1. The van der Waals surface area contributed by atoms with Gasteiger partial charge in [-0.1, -0.05) is 44.2 Å². The van der Waals surface area contributed by atoms with E-state index in [1.165, 1.54) is 4.90 Å². The maximum Gasteiger partial charge on any atom is 0.246 e. The number of carbonyl (C=O) groups excluding carboxylic acids is 4. The van der Waals surface area contributed by atoms with Crippen LogP contribution in [0.2, 0.25) is 0 Å². The van der Waals surface area contributed by atoms with Crippen molar-refractivity contribution in [2.75, 3.05) is 19.8 Å². The molecular formula is C26H39FN6O4. The number of ketones is 1. The third-order valence-electron chi connectivity index (χ3n) is 6.35. The van der Waals surface area contributed by atoms with E-state index in [2.05, 4.69) is 15.6 Å². The normalized spacial score (nSPS) is 16.6. The molecule has 6 N–H and O–H groups in total. The van der Waals surface area contributed by atoms with Gasteiger partial charge in [-0.05, 0) is 43.6 Å². The zero-order valence-corrected chi connectivity index (χ0v) is 21.6. The molecule has 3 atom stereocenters. The molecule has 0 unspecified atom stereocenters. The summed E-state index contributed by atoms with van der Waals surface area (Å²) in [4.78, 5) is 56.5. The number of hydrogen-bond acceptors (Lipinski definition) is 5. The summed E-state index contributed by atoms with van der Waals surface area (Å²) in [6, 6.07) is 6.96. The van der Waals surface area contributed by atoms with Gasteiger partial charge < -0.3 is 27.0 Å². The van der Waals surface area contributed by atoms with E-state index < -0.39 is 36.5 Å². The van der Waals surface area contributed by atoms with E-state index in [1.807, 2.05) is 44.2 Å². The number of benzene rings is 1. The number of alkyl halides is 1. The second kappa shape index (κ2) is 14.9. The molecule has 1 saturated heterocycles. The van der Waals surface area contributed by atoms with Crippen LogP contribution in [0.15, 0.2) is 35.3 Å². The second-order valence-electron chi connectivity index (χ2n) is 9.57. The molecule has 0 radical (unpaired) electrons. The Labute approximate surface area is 217 Å². The maximum atomic E-state index is 13.4. The number of Topliss-reactive ketones (excluding diaryl/α,β-unsaturated/α-hetero) is 1. The lowest BCUT2D eigenvalue weighted by Crippen LogP contribution is -2.56. The van der Waals surface area contributed by atoms with Crippen LogP contribution in [-0.4, -0.2) is 72.3 Å². The van der Waals surface area contributed by atoms with Crippen molar-refractivity contribution in [1.29, 1.82) is 0 Å². The van der Waals surface area contributed by atoms with Crippen molar-refractivity contribution in [1.82, 2.24) is 15.5 Å². The van der Waals surface area contributed by atoms with Crippen LogP contribution >= 0.6 is 0 Å². The van der Waals surface area contributed by atoms with E-state index >= 15 is 0 Å². The van der Waals surface area contributed by atoms with E-state index in [0.29, 0.717) is 32.2 Å². The molecule has 10 nitrogen and oxygen atoms in total. The molecule has 1 aliphatic rings. The minimum atomic E-state index is -1.22. The molecule has 0 aromatic heterocycles. The molecule has 2 rings (SSSR count). The van der Waals surface area contributed by atoms with Crippen molar-refractivity contribution in [2.24, 2.45) is 22.4 Å². The Morgan fingerprint density at radius 2 is 1.84 bits per heavy atom. The van der Waals surface area contributed by atoms with Crippen LogP contribution in [-0.2, 0) is 25.6 Å². The molecule has 0 spiro atoms. The van der Waals surface area contributed by atoms with Gasteiger partial charge in [-0.2, -0.15) is 0 Å². The standard InChI is InChI=1S/C26H39FN6O4/c1-17(2)23(32-22(35)13-12-18-8-4-3-5-9-18)25(37)33-15-7-11-20(33)24(36)31-19(21(34)16-27)10-6-14-30-26(28)29/h3-5,8-9,17,19-20,23H,6-7,10-16H2,1-2H3,(H,31,36)(H,32,35)(H4,28,29,30)/t19-,20-,23-/m0/s1. The minimum absolute atomic E-state index is 0.0932. The quantitative estimate of drug-likeness (QED) is 0.162. The smallest absolute Gasteiger partial charge is 0.246 e. The average molecular weight is 519 g/mol. The number of likely N-dealkylation sites (tertiary alicyclic amines) is 1. The van der Waals surface area contributed by atoms with Crippen LogP contribution in [0.5, 0.6) is 0 Å². The van der Waals surface area contributed by atoms with Gasteiger partial charge in [-0.3, -0.25) is 24.2 Å². The van der Waals surface area contributed by atoms with E-state index in [0.717, 1.165) is 5.56 Å². The number of nitrogens with two attached hydrogens (primary N) is 2. The number of rotatable bonds is 14. The number of nitrogens with one attached hydrogen (secondary N) is 2. The zero-order valence-electron chi connectivity index (χ0n) is 21.6. The van der Waals surface area contributed by atoms with E-state index in [9.17, 15) is 23.6 Å². The van der Waals surface area contributed by atoms with Crippen LogP contribution in [0.4, 0.5) is 4.39 Å². The molecule has 1 aromatic rings. The van der Waals surface area contributed by atoms with Gasteiger partial charge in [-0.15, -0.1) is 0 Å². The summed E-state index contributed by atoms with van der Waals surface area (Å²) >= 11 is 0. The molecule has 1 aromatic carbocycles. The summed E-state index contributed by atoms with van der Waals surface area (Å²) in [5.74, 6) is -2.15. The summed E-state index contributed by atoms with van der Waals surface area (Å²) in [5, 5.41) is 5.45. The zero-order chi connectivity index (χ0) is 27.4. The molecule has 37 heavy (non-hydrogen) atoms. The molecule has 3 amide bonds. The highest BCUT2D eigenvalue weighted by Crippen LogP contribution is 2.21. The van der Waals surface area contributed by atoms with Gasteiger partial charge in [0.15, 0.2) is 11.7 Å². The second-order valence-corrected chi connectivity index (χ2v) is 9.57. The van der Waals surface area contributed by atoms with Crippen LogP contribution in [0.3, 0.4) is 0 Å². The molecule has 11 heteroatoms. The summed E-state index contributed by atoms with van der Waals surface area (Å²) in [5.41, 5.74) is 11.6. The van der Waals surface area contributed by atoms with Crippen molar-refractivity contribution in [2.45, 2.75) is 70.5 Å². The Balaban J connectivity index is 2.01. The first-order valence-corrected chi connectivity index (χ1v) is 12.7. The van der Waals surface area contributed by atoms with Crippen LogP contribution in [0, 0.1) is 5.92 Å². The van der Waals surface area contributed by atoms with Crippen molar-refractivity contribution in [3.8, 4) is 0 Å². The molecule has 0 bridgehead atoms. The monoisotopic (exact) mass is 518 g/mol. The summed E-state index contributed by atoms with van der Waals surface area (Å²) < 4.78 is 13.1. The van der Waals surface area contributed by atoms with Crippen molar-refractivity contribution < 1.29 is 23.6 Å². The number of guanidine groups is 1. The number of carbonyl (C=O) groups is 4. The van der Waals surface area contributed by atoms with Gasteiger partial charge in [0.2, 0.25) is 17.7 Å². The minimum Gasteiger partial charge on any atom is -0.370 e. The SMILES string of the molecule is CC(C)[C@H](NC(=O)CCc1ccccc1)C(=O)N1CCC[C@H]1C(=O)N[C@@H](CCCN=C(N)N)C(=O)CF. The highest BCUT2D eigenvalue weighted by atomic mass is 19.1. The summed E-state index contributed by atoms with van der Waals surface area (Å²) in [7, 11) is 0. The largest absolute Gasteiger partial charge is 0.370 e. The first-order chi connectivity index (χ1) is 17.6. The first-order valence-electron chi connectivity index (χ1n) is 12.7. The molecule has 1 aliphatic heterocycles. The lowest BCUT2D eigenvalue weighted by molar-refractivity contribution is -0.143. The summed E-state index contributed by atoms with van der Waals surface area (Å²) in [6.07, 6.45) is 2.33. The Morgan fingerprint density at radius 1 is 1.14 bits per heavy atom. The Morgan fingerprint density at radius 3 is 2.46 bits per heavy atom. The molecule has 204 valence electrons. The lowest BCUT2D eigenvalue weighted by Gasteiger charge is -2.31. The Kier molecular flexibility index (Phi) is 12.0. The molecule has 1 fully saturated rings. The Hall–Kier alpha value is -3.50. The van der Waals surface area contributed by atoms with E-state index in [-0.39, 0.29) is 43.1 Å².